The molecule has 6 N–H and O–H groups in total. The smallest absolute Gasteiger partial charge is 0.435 e. The van der Waals surface area contributed by atoms with E-state index in [2.05, 4.69) is 16.7 Å². The lowest BCUT2D eigenvalue weighted by Crippen LogP contribution is -2.12. The van der Waals surface area contributed by atoms with E-state index in [1.165, 1.54) is 98.9 Å². The highest BCUT2D eigenvalue weighted by molar-refractivity contribution is 8.00. The van der Waals surface area contributed by atoms with Crippen molar-refractivity contribution in [1.82, 2.24) is 9.78 Å². The van der Waals surface area contributed by atoms with E-state index < -0.39 is 95.6 Å². The first-order valence-corrected chi connectivity index (χ1v) is 52.9. The van der Waals surface area contributed by atoms with Crippen molar-refractivity contribution in [2.24, 2.45) is 5.73 Å². The van der Waals surface area contributed by atoms with Gasteiger partial charge < -0.3 is 26.2 Å². The number of hydrogen-bond donors (Lipinski definition) is 5. The minimum Gasteiger partial charge on any atom is -0.481 e. The highest BCUT2D eigenvalue weighted by atomic mass is 35.5. The lowest BCUT2D eigenvalue weighted by molar-refractivity contribution is -0.141. The van der Waals surface area contributed by atoms with Crippen molar-refractivity contribution in [2.45, 2.75) is 137 Å². The summed E-state index contributed by atoms with van der Waals surface area (Å²) < 4.78 is 84.0. The number of aromatic nitrogens is 2. The van der Waals surface area contributed by atoms with Crippen LogP contribution in [0.15, 0.2) is 221 Å². The van der Waals surface area contributed by atoms with E-state index >= 15 is 0 Å². The fourth-order valence-electron chi connectivity index (χ4n) is 9.91. The molecule has 0 saturated heterocycles. The number of benzene rings is 9. The van der Waals surface area contributed by atoms with E-state index in [0.29, 0.717) is 41.9 Å². The second-order valence-electron chi connectivity index (χ2n) is 27.3. The first-order chi connectivity index (χ1) is 62.2. The summed E-state index contributed by atoms with van der Waals surface area (Å²) in [7, 11) is -6.69. The van der Waals surface area contributed by atoms with Crippen molar-refractivity contribution < 1.29 is 103 Å². The average Bonchev–Trinajstić information content (AvgIpc) is 1.59. The first kappa shape index (κ1) is 124. The normalized spacial score (nSPS) is 11.4. The molecule has 0 amide bonds. The first-order valence-electron chi connectivity index (χ1n) is 38.0. The lowest BCUT2D eigenvalue weighted by Gasteiger charge is -2.10. The molecule has 0 aliphatic rings. The number of ketones is 6. The zero-order valence-corrected chi connectivity index (χ0v) is 88.2. The number of nitrogens with zero attached hydrogens (tertiary/aromatic N) is 2. The number of thioether (sulfide) groups is 6. The number of alkyl halides is 3. The number of carboxylic acids is 4. The number of rotatable bonds is 25. The van der Waals surface area contributed by atoms with Crippen LogP contribution in [0.1, 0.15) is 139 Å². The molecule has 9 aromatic carbocycles. The van der Waals surface area contributed by atoms with Gasteiger partial charge in [-0.25, -0.2) is 26.3 Å². The molecule has 0 bridgehead atoms. The largest absolute Gasteiger partial charge is 0.481 e. The van der Waals surface area contributed by atoms with Gasteiger partial charge in [0.15, 0.2) is 31.2 Å². The Morgan fingerprint density at radius 1 is 0.410 bits per heavy atom. The van der Waals surface area contributed by atoms with Crippen molar-refractivity contribution in [3.05, 3.63) is 278 Å². The minimum atomic E-state index is -4.49. The Morgan fingerprint density at radius 3 is 1.03 bits per heavy atom. The Bertz CT molecular complexity index is 5810. The Balaban J connectivity index is 0.000000750. The number of carbonyl (C=O) groups is 11. The van der Waals surface area contributed by atoms with E-state index in [1.54, 1.807) is 135 Å². The standard InChI is InChI=1S/C11H9ClF3N3.C11H13ClO3S.C11H13ClOS.C10H11ClO4S.C10H9ClO2S.C10H11ClO2S.C9H7ClO3S.C9H9ClO2S.C7H7ClS.C3H3ClO2/c12-7-2-1-3-8(4-7)18-9(6-16)5-10(17-18)11(13,14)15;1-7(8(2)13)9-4-5-11(10(12)6-9)16(3,14)15;1-7(8(2)13)9-4-5-11(14-3)10(12)6-9;1-6(10(12)13)7-3-4-9(8(11)5-7)16(2,14)15;1-6(12)10(13)7-3-4-9(14-2)8(11)5-7;1-6(10(12)13)7-3-4-9(14-2)8(11)5-7;1-14-7-3-2-5(4-6(7)10)8(11)9(12)13;1-13-8-3-2-6(4-7(8)10)5-9(11)12;1-9-7-5-3-2-4-6(7)8;1-2(5)3(4)6/h1-5H,6,16H2;4-7H,1-3H3;4-7H,1-3H3;3-6H,1-2H3,(H,12,13);3-5H,1-2H3;3-6H,1-2H3,(H,12,13);2-4H,1H3,(H,12,13);2-4H,5H2,1H3,(H,11,12);2-5H,1H3;1H3. The van der Waals surface area contributed by atoms with Crippen LogP contribution in [0, 0.1) is 0 Å². The van der Waals surface area contributed by atoms with Gasteiger partial charge in [0.2, 0.25) is 11.6 Å². The maximum Gasteiger partial charge on any atom is 0.435 e. The van der Waals surface area contributed by atoms with Gasteiger partial charge >= 0.3 is 30.1 Å². The Labute approximate surface area is 851 Å². The minimum absolute atomic E-state index is 0.00973. The Hall–Kier alpha value is -7.59. The maximum atomic E-state index is 12.6. The third kappa shape index (κ3) is 43.6. The van der Waals surface area contributed by atoms with Crippen molar-refractivity contribution in [2.75, 3.05) is 50.0 Å². The number of sulfone groups is 2. The summed E-state index contributed by atoms with van der Waals surface area (Å²) in [5, 5.41) is 41.5. The van der Waals surface area contributed by atoms with Gasteiger partial charge in [-0.3, -0.25) is 47.9 Å². The summed E-state index contributed by atoms with van der Waals surface area (Å²) >= 11 is 66.8. The van der Waals surface area contributed by atoms with Gasteiger partial charge in [-0.2, -0.15) is 18.3 Å². The molecule has 10 rings (SSSR count). The van der Waals surface area contributed by atoms with Crippen LogP contribution in [-0.4, -0.2) is 161 Å². The zero-order chi connectivity index (χ0) is 103. The van der Waals surface area contributed by atoms with Crippen molar-refractivity contribution in [1.29, 1.82) is 0 Å². The summed E-state index contributed by atoms with van der Waals surface area (Å²) in [6.45, 7) is 12.2. The summed E-state index contributed by atoms with van der Waals surface area (Å²) in [4.78, 5) is 123. The van der Waals surface area contributed by atoms with Crippen molar-refractivity contribution >= 4 is 270 Å². The molecule has 4 atom stereocenters. The summed E-state index contributed by atoms with van der Waals surface area (Å²) in [5.41, 5.74) is 9.27. The molecule has 1 aromatic heterocycles. The van der Waals surface area contributed by atoms with Crippen LogP contribution in [-0.2, 0) is 82.0 Å². The van der Waals surface area contributed by atoms with E-state index in [9.17, 15) is 82.7 Å². The number of aliphatic carboxylic acids is 4. The van der Waals surface area contributed by atoms with E-state index in [0.717, 1.165) is 91.9 Å². The number of carboxylic acid groups (broad SMARTS) is 4. The van der Waals surface area contributed by atoms with Crippen LogP contribution < -0.4 is 5.73 Å². The third-order valence-electron chi connectivity index (χ3n) is 17.6. The molecular formula is C91H92Cl10F3N3O19S8. The highest BCUT2D eigenvalue weighted by Gasteiger charge is 2.35. The quantitative estimate of drug-likeness (QED) is 0.0153. The molecule has 0 fully saturated rings. The molecule has 0 aliphatic heterocycles. The van der Waals surface area contributed by atoms with Gasteiger partial charge in [0.1, 0.15) is 11.6 Å². The van der Waals surface area contributed by atoms with Crippen LogP contribution in [0.2, 0.25) is 45.2 Å². The van der Waals surface area contributed by atoms with Crippen LogP contribution >= 0.6 is 187 Å². The molecular weight excluding hydrogens is 2110 g/mol. The average molecular weight is 2200 g/mol. The lowest BCUT2D eigenvalue weighted by atomic mass is 9.98. The molecule has 0 aliphatic carbocycles. The van der Waals surface area contributed by atoms with Crippen molar-refractivity contribution in [3.8, 4) is 5.69 Å². The van der Waals surface area contributed by atoms with E-state index in [1.807, 2.05) is 99.1 Å². The van der Waals surface area contributed by atoms with Gasteiger partial charge in [0.25, 0.3) is 11.0 Å². The Kier molecular flexibility index (Phi) is 56.6. The summed E-state index contributed by atoms with van der Waals surface area (Å²) in [6.07, 6.45) is 9.28. The summed E-state index contributed by atoms with van der Waals surface area (Å²) in [6, 6.07) is 49.7. The van der Waals surface area contributed by atoms with Gasteiger partial charge in [-0.15, -0.1) is 70.6 Å². The summed E-state index contributed by atoms with van der Waals surface area (Å²) in [5.74, 6) is -8.05. The van der Waals surface area contributed by atoms with Gasteiger partial charge in [-0.1, -0.05) is 167 Å². The van der Waals surface area contributed by atoms with Gasteiger partial charge in [0, 0.05) is 90.3 Å². The highest BCUT2D eigenvalue weighted by Crippen LogP contribution is 2.36. The maximum absolute atomic E-state index is 12.6. The van der Waals surface area contributed by atoms with Gasteiger partial charge in [0.05, 0.1) is 79.6 Å². The zero-order valence-electron chi connectivity index (χ0n) is 74.1. The third-order valence-corrected chi connectivity index (χ3v) is 28.6. The Morgan fingerprint density at radius 2 is 0.746 bits per heavy atom. The molecule has 724 valence electrons. The van der Waals surface area contributed by atoms with Crippen LogP contribution in [0.25, 0.3) is 5.69 Å². The number of hydrogen-bond acceptors (Lipinski definition) is 23. The number of Topliss-reactive ketones (excluding diaryl/α,β-unsaturated/α-hetero) is 6. The molecule has 22 nitrogen and oxygen atoms in total. The molecule has 1 heterocycles. The molecule has 43 heteroatoms. The second kappa shape index (κ2) is 61.0. The number of nitrogens with two attached hydrogens (primary N) is 1. The molecule has 134 heavy (non-hydrogen) atoms. The number of halogens is 13. The van der Waals surface area contributed by atoms with E-state index in [-0.39, 0.29) is 67.5 Å². The number of carbonyl (C=O) groups excluding carboxylic acids is 7. The van der Waals surface area contributed by atoms with Crippen molar-refractivity contribution in [3.63, 3.8) is 0 Å². The fourth-order valence-corrected chi connectivity index (χ4v) is 18.0. The molecule has 10 aromatic rings. The molecule has 0 saturated carbocycles. The SMILES string of the molecule is CC(=O)C(=O)Cl.CC(=O)C(C)c1ccc(S(C)(=O)=O)c(Cl)c1.CC(C(=O)O)c1ccc(S(C)(=O)=O)c(Cl)c1.CSc1ccc(C(=O)C(=O)O)cc1Cl.CSc1ccc(C(=O)C(C)=O)cc1Cl.CSc1ccc(C(C)C(=O)O)cc1Cl.CSc1ccc(C(C)C(C)=O)cc1Cl.CSc1ccc(CC(=O)O)cc1Cl.CSc1ccccc1Cl.NCc1cc(C(F)(F)F)nn1-c1cccc(Cl)c1. The molecule has 0 spiro atoms. The predicted molar refractivity (Wildman–Crippen MR) is 540 cm³/mol. The van der Waals surface area contributed by atoms with Gasteiger partial charge in [-0.05, 0) is 238 Å². The topological polar surface area (TPSA) is 381 Å². The fraction of sp³-hybridized carbons (Fsp3) is 0.253. The predicted octanol–water partition coefficient (Wildman–Crippen LogP) is 25.6. The monoisotopic (exact) mass is 2190 g/mol. The van der Waals surface area contributed by atoms with Crippen LogP contribution in [0.4, 0.5) is 13.2 Å². The second-order valence-corrected chi connectivity index (χ2v) is 40.4. The van der Waals surface area contributed by atoms with E-state index in [4.69, 9.17) is 131 Å². The molecule has 0 radical (unpaired) electrons. The molecule has 4 unspecified atom stereocenters. The van der Waals surface area contributed by atoms with Crippen LogP contribution in [0.3, 0.4) is 0 Å². The van der Waals surface area contributed by atoms with Crippen LogP contribution in [0.5, 0.6) is 0 Å².